The summed E-state index contributed by atoms with van der Waals surface area (Å²) >= 11 is 1.09. The third kappa shape index (κ3) is 0.992. The molecule has 0 spiro atoms. The van der Waals surface area contributed by atoms with Crippen molar-refractivity contribution in [2.45, 2.75) is 6.92 Å². The Morgan fingerprint density at radius 1 is 1.00 bits per heavy atom. The van der Waals surface area contributed by atoms with Crippen LogP contribution in [0.1, 0.15) is 15.2 Å². The smallest absolute Gasteiger partial charge is 0.0638 e. The second kappa shape index (κ2) is 2.82. The molecule has 0 aliphatic rings. The van der Waals surface area contributed by atoms with Crippen LogP contribution in [0, 0.1) is 6.92 Å². The van der Waals surface area contributed by atoms with Crippen LogP contribution in [0.25, 0.3) is 20.2 Å². The zero-order chi connectivity index (χ0) is 15.6. The Morgan fingerprint density at radius 3 is 2.71 bits per heavy atom. The van der Waals surface area contributed by atoms with Gasteiger partial charge in [0.05, 0.1) is 9.60 Å². The standard InChI is InChI=1S/C13H10S/c1-9-5-4-8-12-13(9)10-6-2-3-7-11(10)14-12/h2-8H,1H3/i2D,3D,4D,5D,6D,7D,8D. The van der Waals surface area contributed by atoms with E-state index in [1.165, 1.54) is 0 Å². The summed E-state index contributed by atoms with van der Waals surface area (Å²) < 4.78 is 56.0. The van der Waals surface area contributed by atoms with Crippen LogP contribution in [0.5, 0.6) is 0 Å². The SMILES string of the molecule is [2H]c1c([2H])c([2H])c2c(sc3c([2H])c([2H])c([2H])c(C)c32)c1[2H]. The van der Waals surface area contributed by atoms with E-state index < -0.39 is 0 Å². The van der Waals surface area contributed by atoms with Crippen molar-refractivity contribution in [1.29, 1.82) is 0 Å². The summed E-state index contributed by atoms with van der Waals surface area (Å²) in [5.41, 5.74) is 0.474. The van der Waals surface area contributed by atoms with Crippen molar-refractivity contribution in [3.05, 3.63) is 47.9 Å². The molecule has 0 N–H and O–H groups in total. The molecule has 0 radical (unpaired) electrons. The van der Waals surface area contributed by atoms with Crippen LogP contribution in [0.2, 0.25) is 0 Å². The van der Waals surface area contributed by atoms with Gasteiger partial charge in [0, 0.05) is 20.2 Å². The minimum absolute atomic E-state index is 0.0698. The Bertz CT molecular complexity index is 852. The van der Waals surface area contributed by atoms with Crippen molar-refractivity contribution in [2.24, 2.45) is 0 Å². The molecule has 0 aliphatic carbocycles. The molecule has 3 rings (SSSR count). The van der Waals surface area contributed by atoms with Gasteiger partial charge in [-0.05, 0) is 24.6 Å². The minimum atomic E-state index is -0.320. The molecule has 0 bridgehead atoms. The van der Waals surface area contributed by atoms with E-state index in [2.05, 4.69) is 0 Å². The molecular formula is C13H10S. The van der Waals surface area contributed by atoms with Gasteiger partial charge in [0.15, 0.2) is 0 Å². The molecule has 0 fully saturated rings. The van der Waals surface area contributed by atoms with E-state index in [1.807, 2.05) is 0 Å². The van der Waals surface area contributed by atoms with Gasteiger partial charge in [-0.25, -0.2) is 0 Å². The molecular weight excluding hydrogens is 188 g/mol. The van der Waals surface area contributed by atoms with Crippen LogP contribution < -0.4 is 0 Å². The van der Waals surface area contributed by atoms with E-state index >= 15 is 0 Å². The molecule has 0 saturated carbocycles. The minimum Gasteiger partial charge on any atom is -0.135 e. The van der Waals surface area contributed by atoms with E-state index in [0.717, 1.165) is 11.3 Å². The molecule has 0 saturated heterocycles. The largest absolute Gasteiger partial charge is 0.135 e. The van der Waals surface area contributed by atoms with Gasteiger partial charge in [0.25, 0.3) is 0 Å². The molecule has 14 heavy (non-hydrogen) atoms. The van der Waals surface area contributed by atoms with Crippen LogP contribution in [-0.2, 0) is 0 Å². The van der Waals surface area contributed by atoms with Crippen molar-refractivity contribution in [2.75, 3.05) is 0 Å². The number of aryl methyl sites for hydroxylation is 1. The molecule has 1 heteroatoms. The second-order valence-corrected chi connectivity index (χ2v) is 4.03. The van der Waals surface area contributed by atoms with Gasteiger partial charge < -0.3 is 0 Å². The maximum atomic E-state index is 8.06. The predicted octanol–water partition coefficient (Wildman–Crippen LogP) is 4.36. The number of rotatable bonds is 0. The molecule has 0 nitrogen and oxygen atoms in total. The summed E-state index contributed by atoms with van der Waals surface area (Å²) in [6, 6.07) is -1.26. The summed E-state index contributed by atoms with van der Waals surface area (Å²) in [4.78, 5) is 0. The number of hydrogen-bond donors (Lipinski definition) is 0. The van der Waals surface area contributed by atoms with Gasteiger partial charge in [-0.1, -0.05) is 30.2 Å². The van der Waals surface area contributed by atoms with Gasteiger partial charge in [-0.2, -0.15) is 0 Å². The molecule has 3 aromatic rings. The molecule has 0 atom stereocenters. The Balaban J connectivity index is 2.73. The summed E-state index contributed by atoms with van der Waals surface area (Å²) in [6.07, 6.45) is 0. The van der Waals surface area contributed by atoms with Gasteiger partial charge in [-0.15, -0.1) is 11.3 Å². The summed E-state index contributed by atoms with van der Waals surface area (Å²) in [5, 5.41) is 0.841. The van der Waals surface area contributed by atoms with Crippen LogP contribution in [0.4, 0.5) is 0 Å². The summed E-state index contributed by atoms with van der Waals surface area (Å²) in [6.45, 7) is 1.65. The molecule has 1 aromatic heterocycles. The quantitative estimate of drug-likeness (QED) is 0.511. The van der Waals surface area contributed by atoms with Crippen LogP contribution >= 0.6 is 11.3 Å². The molecule has 2 aromatic carbocycles. The van der Waals surface area contributed by atoms with Crippen molar-refractivity contribution < 1.29 is 9.60 Å². The second-order valence-electron chi connectivity index (χ2n) is 3.01. The van der Waals surface area contributed by atoms with Crippen LogP contribution in [0.15, 0.2) is 42.3 Å². The van der Waals surface area contributed by atoms with Crippen molar-refractivity contribution in [3.8, 4) is 0 Å². The first-order chi connectivity index (χ1) is 9.77. The molecule has 0 amide bonds. The highest BCUT2D eigenvalue weighted by molar-refractivity contribution is 7.25. The average molecular weight is 205 g/mol. The average Bonchev–Trinajstić information content (AvgIpc) is 2.87. The molecule has 1 heterocycles. The van der Waals surface area contributed by atoms with Gasteiger partial charge >= 0.3 is 0 Å². The molecule has 0 unspecified atom stereocenters. The van der Waals surface area contributed by atoms with E-state index in [4.69, 9.17) is 9.60 Å². The van der Waals surface area contributed by atoms with E-state index in [9.17, 15) is 0 Å². The lowest BCUT2D eigenvalue weighted by molar-refractivity contribution is 1.55. The first kappa shape index (κ1) is 3.67. The summed E-state index contributed by atoms with van der Waals surface area (Å²) in [7, 11) is 0. The number of fused-ring (bicyclic) bond motifs is 3. The Kier molecular flexibility index (Phi) is 0.740. The fourth-order valence-electron chi connectivity index (χ4n) is 1.51. The maximum absolute atomic E-state index is 8.06. The lowest BCUT2D eigenvalue weighted by Gasteiger charge is -1.95. The Labute approximate surface area is 96.6 Å². The van der Waals surface area contributed by atoms with Gasteiger partial charge in [0.1, 0.15) is 0 Å². The van der Waals surface area contributed by atoms with Gasteiger partial charge in [-0.3, -0.25) is 0 Å². The third-order valence-corrected chi connectivity index (χ3v) is 3.16. The topological polar surface area (TPSA) is 0 Å². The number of thiophene rings is 1. The number of benzene rings is 2. The van der Waals surface area contributed by atoms with E-state index in [-0.39, 0.29) is 42.3 Å². The fourth-order valence-corrected chi connectivity index (χ4v) is 2.53. The lowest BCUT2D eigenvalue weighted by atomic mass is 10.1. The molecule has 0 aliphatic heterocycles. The fraction of sp³-hybridized carbons (Fsp3) is 0.0769. The number of hydrogen-bond acceptors (Lipinski definition) is 1. The van der Waals surface area contributed by atoms with E-state index in [0.29, 0.717) is 25.7 Å². The van der Waals surface area contributed by atoms with Crippen LogP contribution in [-0.4, -0.2) is 0 Å². The van der Waals surface area contributed by atoms with Crippen molar-refractivity contribution >= 4 is 31.5 Å². The lowest BCUT2D eigenvalue weighted by Crippen LogP contribution is -1.72. The zero-order valence-corrected chi connectivity index (χ0v) is 8.22. The zero-order valence-electron chi connectivity index (χ0n) is 14.4. The molecule has 68 valence electrons. The first-order valence-electron chi connectivity index (χ1n) is 7.66. The van der Waals surface area contributed by atoms with Crippen molar-refractivity contribution in [3.63, 3.8) is 0 Å². The third-order valence-electron chi connectivity index (χ3n) is 2.14. The van der Waals surface area contributed by atoms with Crippen LogP contribution in [0.3, 0.4) is 0 Å². The Morgan fingerprint density at radius 2 is 1.79 bits per heavy atom. The summed E-state index contributed by atoms with van der Waals surface area (Å²) in [5.74, 6) is 0. The van der Waals surface area contributed by atoms with Gasteiger partial charge in [0.2, 0.25) is 0 Å². The van der Waals surface area contributed by atoms with Crippen molar-refractivity contribution in [1.82, 2.24) is 0 Å². The normalized spacial score (nSPS) is 18.2. The highest BCUT2D eigenvalue weighted by Gasteiger charge is 2.04. The monoisotopic (exact) mass is 205 g/mol. The maximum Gasteiger partial charge on any atom is 0.0638 e. The highest BCUT2D eigenvalue weighted by Crippen LogP contribution is 2.35. The Hall–Kier alpha value is -1.34. The predicted molar refractivity (Wildman–Crippen MR) is 64.1 cm³/mol. The highest BCUT2D eigenvalue weighted by atomic mass is 32.1. The van der Waals surface area contributed by atoms with E-state index in [1.54, 1.807) is 6.92 Å². The first-order valence-corrected chi connectivity index (χ1v) is 4.97.